The van der Waals surface area contributed by atoms with Gasteiger partial charge in [0.15, 0.2) is 9.84 Å². The van der Waals surface area contributed by atoms with Gasteiger partial charge in [0.1, 0.15) is 0 Å². The maximum Gasteiger partial charge on any atom is 0.153 e. The van der Waals surface area contributed by atoms with E-state index in [9.17, 15) is 8.42 Å². The van der Waals surface area contributed by atoms with Gasteiger partial charge in [-0.1, -0.05) is 6.92 Å². The standard InChI is InChI=1S/C9H14O2S/c1-5-6-2-7-8(5)4-12(10,11)9(7)3-6/h5-9H,2-4H2,1H3/t5?,6-,7?,8?,9?/m0/s1. The summed E-state index contributed by atoms with van der Waals surface area (Å²) in [5.41, 5.74) is 0. The molecule has 3 aliphatic rings. The zero-order valence-electron chi connectivity index (χ0n) is 7.23. The first-order valence-corrected chi connectivity index (χ1v) is 6.53. The molecule has 2 aliphatic carbocycles. The molecule has 1 aliphatic heterocycles. The summed E-state index contributed by atoms with van der Waals surface area (Å²) in [7, 11) is -2.66. The first-order valence-electron chi connectivity index (χ1n) is 4.81. The minimum absolute atomic E-state index is 0.0729. The third kappa shape index (κ3) is 0.652. The number of hydrogen-bond acceptors (Lipinski definition) is 2. The van der Waals surface area contributed by atoms with E-state index >= 15 is 0 Å². The van der Waals surface area contributed by atoms with Crippen LogP contribution in [0.1, 0.15) is 19.8 Å². The van der Waals surface area contributed by atoms with Crippen LogP contribution >= 0.6 is 0 Å². The van der Waals surface area contributed by atoms with Crippen molar-refractivity contribution in [1.82, 2.24) is 0 Å². The van der Waals surface area contributed by atoms with E-state index in [1.165, 1.54) is 6.42 Å². The maximum absolute atomic E-state index is 11.6. The Morgan fingerprint density at radius 1 is 1.17 bits per heavy atom. The van der Waals surface area contributed by atoms with Crippen LogP contribution in [0.15, 0.2) is 0 Å². The van der Waals surface area contributed by atoms with Crippen LogP contribution in [0.3, 0.4) is 0 Å². The van der Waals surface area contributed by atoms with Crippen molar-refractivity contribution in [2.24, 2.45) is 23.7 Å². The molecule has 0 spiro atoms. The van der Waals surface area contributed by atoms with Crippen LogP contribution in [-0.4, -0.2) is 19.4 Å². The Morgan fingerprint density at radius 3 is 2.50 bits per heavy atom. The van der Waals surface area contributed by atoms with Gasteiger partial charge in [-0.3, -0.25) is 0 Å². The third-order valence-corrected chi connectivity index (χ3v) is 6.76. The van der Waals surface area contributed by atoms with Crippen molar-refractivity contribution >= 4 is 9.84 Å². The van der Waals surface area contributed by atoms with E-state index in [0.717, 1.165) is 12.3 Å². The maximum atomic E-state index is 11.6. The average molecular weight is 186 g/mol. The van der Waals surface area contributed by atoms with E-state index in [1.807, 2.05) is 0 Å². The zero-order valence-corrected chi connectivity index (χ0v) is 8.05. The fourth-order valence-electron chi connectivity index (χ4n) is 3.77. The lowest BCUT2D eigenvalue weighted by Crippen LogP contribution is -2.23. The van der Waals surface area contributed by atoms with Gasteiger partial charge in [0.25, 0.3) is 0 Å². The van der Waals surface area contributed by atoms with Crippen LogP contribution in [0.2, 0.25) is 0 Å². The summed E-state index contributed by atoms with van der Waals surface area (Å²) in [6, 6.07) is 0. The Hall–Kier alpha value is -0.0500. The lowest BCUT2D eigenvalue weighted by molar-refractivity contribution is 0.286. The predicted molar refractivity (Wildman–Crippen MR) is 46.4 cm³/mol. The van der Waals surface area contributed by atoms with Gasteiger partial charge in [0.05, 0.1) is 11.0 Å². The van der Waals surface area contributed by atoms with Crippen LogP contribution < -0.4 is 0 Å². The molecule has 3 rings (SSSR count). The second-order valence-corrected chi connectivity index (χ2v) is 7.05. The highest BCUT2D eigenvalue weighted by atomic mass is 32.2. The minimum atomic E-state index is -2.66. The third-order valence-electron chi connectivity index (χ3n) is 4.44. The van der Waals surface area contributed by atoms with E-state index in [-0.39, 0.29) is 5.25 Å². The summed E-state index contributed by atoms with van der Waals surface area (Å²) in [5.74, 6) is 3.00. The van der Waals surface area contributed by atoms with Crippen molar-refractivity contribution in [3.8, 4) is 0 Å². The molecule has 0 aromatic carbocycles. The highest BCUT2D eigenvalue weighted by Gasteiger charge is 2.60. The van der Waals surface area contributed by atoms with Crippen LogP contribution in [0.5, 0.6) is 0 Å². The Bertz CT molecular complexity index is 319. The molecule has 5 atom stereocenters. The Kier molecular flexibility index (Phi) is 1.16. The van der Waals surface area contributed by atoms with Crippen molar-refractivity contribution in [3.05, 3.63) is 0 Å². The fourth-order valence-corrected chi connectivity index (χ4v) is 6.49. The summed E-state index contributed by atoms with van der Waals surface area (Å²) >= 11 is 0. The molecule has 68 valence electrons. The predicted octanol–water partition coefficient (Wildman–Crippen LogP) is 1.08. The van der Waals surface area contributed by atoms with Crippen LogP contribution in [0.4, 0.5) is 0 Å². The quantitative estimate of drug-likeness (QED) is 0.567. The second-order valence-electron chi connectivity index (χ2n) is 4.79. The molecule has 2 bridgehead atoms. The zero-order chi connectivity index (χ0) is 8.51. The van der Waals surface area contributed by atoms with Crippen molar-refractivity contribution in [2.75, 3.05) is 5.75 Å². The van der Waals surface area contributed by atoms with E-state index in [1.54, 1.807) is 0 Å². The largest absolute Gasteiger partial charge is 0.229 e. The van der Waals surface area contributed by atoms with Crippen molar-refractivity contribution < 1.29 is 8.42 Å². The van der Waals surface area contributed by atoms with Crippen molar-refractivity contribution in [3.63, 3.8) is 0 Å². The summed E-state index contributed by atoms with van der Waals surface area (Å²) < 4.78 is 23.3. The molecule has 2 nitrogen and oxygen atoms in total. The van der Waals surface area contributed by atoms with Gasteiger partial charge in [-0.05, 0) is 36.5 Å². The Labute approximate surface area is 73.3 Å². The minimum Gasteiger partial charge on any atom is -0.229 e. The molecule has 1 heterocycles. The highest BCUT2D eigenvalue weighted by Crippen LogP contribution is 2.58. The van der Waals surface area contributed by atoms with Crippen LogP contribution in [0.25, 0.3) is 0 Å². The summed E-state index contributed by atoms with van der Waals surface area (Å²) in [6.45, 7) is 2.24. The molecular formula is C9H14O2S. The lowest BCUT2D eigenvalue weighted by Gasteiger charge is -2.22. The molecule has 4 unspecified atom stereocenters. The highest BCUT2D eigenvalue weighted by molar-refractivity contribution is 7.92. The molecule has 0 amide bonds. The Balaban J connectivity index is 2.11. The molecule has 0 aromatic heterocycles. The molecule has 0 N–H and O–H groups in total. The van der Waals surface area contributed by atoms with E-state index in [2.05, 4.69) is 6.92 Å². The van der Waals surface area contributed by atoms with E-state index in [0.29, 0.717) is 23.5 Å². The van der Waals surface area contributed by atoms with Gasteiger partial charge in [-0.15, -0.1) is 0 Å². The van der Waals surface area contributed by atoms with Crippen molar-refractivity contribution in [2.45, 2.75) is 25.0 Å². The van der Waals surface area contributed by atoms with Crippen LogP contribution in [0, 0.1) is 23.7 Å². The summed E-state index contributed by atoms with van der Waals surface area (Å²) in [6.07, 6.45) is 2.18. The second kappa shape index (κ2) is 1.89. The van der Waals surface area contributed by atoms with Gasteiger partial charge < -0.3 is 0 Å². The first-order chi connectivity index (χ1) is 5.59. The van der Waals surface area contributed by atoms with Crippen LogP contribution in [-0.2, 0) is 9.84 Å². The number of hydrogen-bond donors (Lipinski definition) is 0. The topological polar surface area (TPSA) is 34.1 Å². The van der Waals surface area contributed by atoms with Gasteiger partial charge in [-0.2, -0.15) is 0 Å². The van der Waals surface area contributed by atoms with Gasteiger partial charge >= 0.3 is 0 Å². The molecule has 2 saturated carbocycles. The number of rotatable bonds is 0. The number of fused-ring (bicyclic) bond motifs is 1. The molecular weight excluding hydrogens is 172 g/mol. The van der Waals surface area contributed by atoms with Crippen molar-refractivity contribution in [1.29, 1.82) is 0 Å². The summed E-state index contributed by atoms with van der Waals surface area (Å²) in [5, 5.41) is 0.0729. The van der Waals surface area contributed by atoms with E-state index < -0.39 is 9.84 Å². The van der Waals surface area contributed by atoms with Gasteiger partial charge in [0.2, 0.25) is 0 Å². The summed E-state index contributed by atoms with van der Waals surface area (Å²) in [4.78, 5) is 0. The monoisotopic (exact) mass is 186 g/mol. The number of sulfone groups is 1. The Morgan fingerprint density at radius 2 is 1.92 bits per heavy atom. The van der Waals surface area contributed by atoms with Gasteiger partial charge in [-0.25, -0.2) is 8.42 Å². The first kappa shape index (κ1) is 7.36. The molecule has 3 heteroatoms. The molecule has 3 fully saturated rings. The smallest absolute Gasteiger partial charge is 0.153 e. The fraction of sp³-hybridized carbons (Fsp3) is 1.00. The molecule has 12 heavy (non-hydrogen) atoms. The van der Waals surface area contributed by atoms with E-state index in [4.69, 9.17) is 0 Å². The molecule has 0 aromatic rings. The molecule has 0 radical (unpaired) electrons. The lowest BCUT2D eigenvalue weighted by atomic mass is 9.82. The average Bonchev–Trinajstić information content (AvgIpc) is 2.54. The van der Waals surface area contributed by atoms with Gasteiger partial charge in [0, 0.05) is 0 Å². The normalized spacial score (nSPS) is 59.6. The SMILES string of the molecule is CC1C2CS(=O)(=O)C3C[C@@H]1CC23. The molecule has 1 saturated heterocycles.